The number of rotatable bonds is 6. The molecule has 1 aliphatic rings. The molecule has 7 nitrogen and oxygen atoms in total. The molecule has 0 N–H and O–H groups in total. The van der Waals surface area contributed by atoms with E-state index in [-0.39, 0.29) is 11.9 Å². The van der Waals surface area contributed by atoms with Gasteiger partial charge in [0.1, 0.15) is 0 Å². The molecule has 0 spiro atoms. The van der Waals surface area contributed by atoms with Gasteiger partial charge in [0.15, 0.2) is 0 Å². The van der Waals surface area contributed by atoms with Crippen molar-refractivity contribution in [3.8, 4) is 11.4 Å². The summed E-state index contributed by atoms with van der Waals surface area (Å²) in [5.41, 5.74) is 3.03. The molecule has 0 aliphatic carbocycles. The number of piperazine rings is 1. The minimum Gasteiger partial charge on any atom is -0.340 e. The number of hydrogen-bond donors (Lipinski definition) is 0. The van der Waals surface area contributed by atoms with E-state index in [1.807, 2.05) is 34.5 Å². The van der Waals surface area contributed by atoms with Gasteiger partial charge in [0, 0.05) is 43.0 Å². The van der Waals surface area contributed by atoms with E-state index in [1.165, 1.54) is 5.56 Å². The van der Waals surface area contributed by atoms with Crippen LogP contribution < -0.4 is 0 Å². The Kier molecular flexibility index (Phi) is 6.48. The van der Waals surface area contributed by atoms with E-state index in [1.54, 1.807) is 11.3 Å². The van der Waals surface area contributed by atoms with Gasteiger partial charge in [-0.2, -0.15) is 4.98 Å². The highest BCUT2D eigenvalue weighted by molar-refractivity contribution is 7.09. The average Bonchev–Trinajstić information content (AvgIpc) is 3.44. The Morgan fingerprint density at radius 2 is 1.81 bits per heavy atom. The van der Waals surface area contributed by atoms with Crippen molar-refractivity contribution < 1.29 is 9.32 Å². The van der Waals surface area contributed by atoms with Gasteiger partial charge in [-0.15, -0.1) is 11.3 Å². The van der Waals surface area contributed by atoms with Crippen LogP contribution in [0, 0.1) is 6.92 Å². The third-order valence-corrected chi connectivity index (χ3v) is 6.91. The largest absolute Gasteiger partial charge is 0.340 e. The Hall–Kier alpha value is -2.58. The lowest BCUT2D eigenvalue weighted by Crippen LogP contribution is -2.49. The van der Waals surface area contributed by atoms with Crippen molar-refractivity contribution in [2.75, 3.05) is 26.2 Å². The maximum Gasteiger partial charge on any atom is 0.244 e. The normalized spacial score (nSPS) is 16.1. The maximum absolute atomic E-state index is 12.7. The number of aromatic nitrogens is 3. The molecule has 8 heteroatoms. The van der Waals surface area contributed by atoms with Crippen molar-refractivity contribution in [2.24, 2.45) is 0 Å². The summed E-state index contributed by atoms with van der Waals surface area (Å²) < 4.78 is 5.55. The minimum atomic E-state index is 0.0103. The molecule has 4 rings (SSSR count). The van der Waals surface area contributed by atoms with E-state index >= 15 is 0 Å². The molecular formula is C23H29N5O2S. The third-order valence-electron chi connectivity index (χ3n) is 5.72. The number of hydrogen-bond acceptors (Lipinski definition) is 7. The summed E-state index contributed by atoms with van der Waals surface area (Å²) in [4.78, 5) is 26.1. The summed E-state index contributed by atoms with van der Waals surface area (Å²) in [6.07, 6.45) is 0.377. The second-order valence-corrected chi connectivity index (χ2v) is 9.31. The summed E-state index contributed by atoms with van der Waals surface area (Å²) in [6.45, 7) is 11.3. The topological polar surface area (TPSA) is 75.4 Å². The van der Waals surface area contributed by atoms with Gasteiger partial charge in [-0.1, -0.05) is 48.8 Å². The smallest absolute Gasteiger partial charge is 0.244 e. The first-order valence-electron chi connectivity index (χ1n) is 10.8. The Morgan fingerprint density at radius 1 is 1.10 bits per heavy atom. The predicted molar refractivity (Wildman–Crippen MR) is 121 cm³/mol. The number of nitrogens with zero attached hydrogens (tertiary/aromatic N) is 5. The summed E-state index contributed by atoms with van der Waals surface area (Å²) in [7, 11) is 0. The SMILES string of the molecule is Cc1ccc(-c2noc(C(C)N3CCN(C(=O)Cc4csc(C(C)C)n4)CC3)n2)cc1. The van der Waals surface area contributed by atoms with Crippen LogP contribution in [0.15, 0.2) is 34.2 Å². The standard InChI is InChI=1S/C23H29N5O2S/c1-15(2)23-24-19(14-31-23)13-20(29)28-11-9-27(10-12-28)17(4)22-25-21(26-30-22)18-7-5-16(3)6-8-18/h5-8,14-15,17H,9-13H2,1-4H3. The number of benzene rings is 1. The number of amides is 1. The van der Waals surface area contributed by atoms with Crippen LogP contribution in [-0.4, -0.2) is 57.0 Å². The molecule has 1 aromatic carbocycles. The molecule has 3 aromatic rings. The van der Waals surface area contributed by atoms with E-state index in [9.17, 15) is 4.79 Å². The molecular weight excluding hydrogens is 410 g/mol. The van der Waals surface area contributed by atoms with E-state index in [0.717, 1.165) is 29.4 Å². The van der Waals surface area contributed by atoms with Crippen molar-refractivity contribution in [1.82, 2.24) is 24.9 Å². The zero-order chi connectivity index (χ0) is 22.0. The monoisotopic (exact) mass is 439 g/mol. The van der Waals surface area contributed by atoms with E-state index in [4.69, 9.17) is 4.52 Å². The summed E-state index contributed by atoms with van der Waals surface area (Å²) in [5, 5.41) is 7.25. The molecule has 0 saturated carbocycles. The first-order valence-corrected chi connectivity index (χ1v) is 11.7. The van der Waals surface area contributed by atoms with Gasteiger partial charge in [-0.25, -0.2) is 4.98 Å². The Balaban J connectivity index is 1.32. The number of carbonyl (C=O) groups excluding carboxylic acids is 1. The molecule has 1 unspecified atom stereocenters. The predicted octanol–water partition coefficient (Wildman–Crippen LogP) is 4.07. The lowest BCUT2D eigenvalue weighted by molar-refractivity contribution is -0.132. The highest BCUT2D eigenvalue weighted by atomic mass is 32.1. The second kappa shape index (κ2) is 9.28. The molecule has 1 aliphatic heterocycles. The zero-order valence-corrected chi connectivity index (χ0v) is 19.4. The Morgan fingerprint density at radius 3 is 2.45 bits per heavy atom. The van der Waals surface area contributed by atoms with Crippen LogP contribution in [-0.2, 0) is 11.2 Å². The molecule has 2 aromatic heterocycles. The van der Waals surface area contributed by atoms with Crippen LogP contribution in [0.3, 0.4) is 0 Å². The van der Waals surface area contributed by atoms with Crippen LogP contribution in [0.1, 0.15) is 54.9 Å². The van der Waals surface area contributed by atoms with Crippen molar-refractivity contribution in [3.05, 3.63) is 51.8 Å². The second-order valence-electron chi connectivity index (χ2n) is 8.42. The average molecular weight is 440 g/mol. The lowest BCUT2D eigenvalue weighted by Gasteiger charge is -2.36. The third kappa shape index (κ3) is 5.02. The van der Waals surface area contributed by atoms with E-state index in [0.29, 0.717) is 37.1 Å². The van der Waals surface area contributed by atoms with Gasteiger partial charge in [0.05, 0.1) is 23.2 Å². The highest BCUT2D eigenvalue weighted by Crippen LogP contribution is 2.24. The van der Waals surface area contributed by atoms with Crippen molar-refractivity contribution in [1.29, 1.82) is 0 Å². The van der Waals surface area contributed by atoms with Gasteiger partial charge in [0.25, 0.3) is 0 Å². The molecule has 1 atom stereocenters. The van der Waals surface area contributed by atoms with Gasteiger partial charge in [-0.05, 0) is 13.8 Å². The fraction of sp³-hybridized carbons (Fsp3) is 0.478. The van der Waals surface area contributed by atoms with Crippen LogP contribution in [0.25, 0.3) is 11.4 Å². The highest BCUT2D eigenvalue weighted by Gasteiger charge is 2.28. The molecule has 1 saturated heterocycles. The Bertz CT molecular complexity index is 1020. The van der Waals surface area contributed by atoms with Crippen molar-refractivity contribution in [3.63, 3.8) is 0 Å². The van der Waals surface area contributed by atoms with Gasteiger partial charge in [-0.3, -0.25) is 9.69 Å². The van der Waals surface area contributed by atoms with E-state index in [2.05, 4.69) is 47.7 Å². The first-order chi connectivity index (χ1) is 14.9. The molecule has 164 valence electrons. The first kappa shape index (κ1) is 21.6. The van der Waals surface area contributed by atoms with Crippen LogP contribution in [0.5, 0.6) is 0 Å². The molecule has 1 fully saturated rings. The van der Waals surface area contributed by atoms with Gasteiger partial charge >= 0.3 is 0 Å². The van der Waals surface area contributed by atoms with Gasteiger partial charge < -0.3 is 9.42 Å². The molecule has 0 bridgehead atoms. The summed E-state index contributed by atoms with van der Waals surface area (Å²) in [6, 6.07) is 8.11. The minimum absolute atomic E-state index is 0.0103. The van der Waals surface area contributed by atoms with E-state index < -0.39 is 0 Å². The quantitative estimate of drug-likeness (QED) is 0.576. The molecule has 0 radical (unpaired) electrons. The van der Waals surface area contributed by atoms with Crippen LogP contribution >= 0.6 is 11.3 Å². The van der Waals surface area contributed by atoms with Crippen molar-refractivity contribution >= 4 is 17.2 Å². The fourth-order valence-electron chi connectivity index (χ4n) is 3.68. The maximum atomic E-state index is 12.7. The molecule has 31 heavy (non-hydrogen) atoms. The number of carbonyl (C=O) groups is 1. The fourth-order valence-corrected chi connectivity index (χ4v) is 4.51. The Labute approximate surface area is 187 Å². The summed E-state index contributed by atoms with van der Waals surface area (Å²) in [5.74, 6) is 1.76. The van der Waals surface area contributed by atoms with Crippen molar-refractivity contribution in [2.45, 2.75) is 46.1 Å². The van der Waals surface area contributed by atoms with Crippen LogP contribution in [0.2, 0.25) is 0 Å². The number of thiazole rings is 1. The lowest BCUT2D eigenvalue weighted by atomic mass is 10.1. The molecule has 3 heterocycles. The summed E-state index contributed by atoms with van der Waals surface area (Å²) >= 11 is 1.64. The molecule has 1 amide bonds. The zero-order valence-electron chi connectivity index (χ0n) is 18.5. The van der Waals surface area contributed by atoms with Crippen LogP contribution in [0.4, 0.5) is 0 Å². The number of aryl methyl sites for hydroxylation is 1. The van der Waals surface area contributed by atoms with Gasteiger partial charge in [0.2, 0.25) is 17.6 Å².